The minimum absolute atomic E-state index is 0.119. The van der Waals surface area contributed by atoms with Crippen molar-refractivity contribution in [2.75, 3.05) is 0 Å². The van der Waals surface area contributed by atoms with Gasteiger partial charge >= 0.3 is 0 Å². The van der Waals surface area contributed by atoms with Crippen molar-refractivity contribution >= 4 is 12.8 Å². The Morgan fingerprint density at radius 1 is 1.62 bits per heavy atom. The molecule has 0 aromatic carbocycles. The molecule has 4 nitrogen and oxygen atoms in total. The lowest BCUT2D eigenvalue weighted by atomic mass is 10.1. The number of aliphatic hydroxyl groups is 1. The summed E-state index contributed by atoms with van der Waals surface area (Å²) in [5.41, 5.74) is 1.81. The number of pyridine rings is 1. The fourth-order valence-corrected chi connectivity index (χ4v) is 1.25. The Hall–Kier alpha value is -0.780. The highest BCUT2D eigenvalue weighted by molar-refractivity contribution is 7.78. The molecule has 72 valence electrons. The number of nitrogens with zero attached hydrogens (tertiary/aromatic N) is 1. The van der Waals surface area contributed by atoms with E-state index in [1.807, 2.05) is 0 Å². The van der Waals surface area contributed by atoms with Crippen LogP contribution in [-0.4, -0.2) is 15.2 Å². The molecular formula is C8H12N2O2S. The average molecular weight is 200 g/mol. The van der Waals surface area contributed by atoms with Crippen LogP contribution in [0, 0.1) is 6.92 Å². The first-order chi connectivity index (χ1) is 6.20. The number of aryl methyl sites for hydroxylation is 1. The highest BCUT2D eigenvalue weighted by Gasteiger charge is 2.09. The Morgan fingerprint density at radius 2 is 2.31 bits per heavy atom. The second kappa shape index (κ2) is 4.45. The molecule has 0 aliphatic heterocycles. The van der Waals surface area contributed by atoms with E-state index in [1.165, 1.54) is 0 Å². The van der Waals surface area contributed by atoms with Gasteiger partial charge in [-0.3, -0.25) is 9.71 Å². The number of rotatable bonds is 3. The number of aliphatic hydroxyl groups excluding tert-OH is 1. The van der Waals surface area contributed by atoms with E-state index in [1.54, 1.807) is 13.1 Å². The summed E-state index contributed by atoms with van der Waals surface area (Å²) in [7, 11) is 0. The van der Waals surface area contributed by atoms with Crippen LogP contribution in [0.15, 0.2) is 6.20 Å². The molecule has 1 heterocycles. The largest absolute Gasteiger partial charge is 0.506 e. The van der Waals surface area contributed by atoms with Gasteiger partial charge in [0, 0.05) is 23.9 Å². The fourth-order valence-electron chi connectivity index (χ4n) is 1.10. The summed E-state index contributed by atoms with van der Waals surface area (Å²) in [6.07, 6.45) is 1.55. The number of thiol groups is 1. The van der Waals surface area contributed by atoms with Gasteiger partial charge in [0.25, 0.3) is 0 Å². The number of aromatic nitrogens is 1. The zero-order valence-electron chi connectivity index (χ0n) is 7.28. The van der Waals surface area contributed by atoms with Crippen LogP contribution in [0.3, 0.4) is 0 Å². The van der Waals surface area contributed by atoms with E-state index in [4.69, 9.17) is 5.11 Å². The zero-order valence-corrected chi connectivity index (χ0v) is 8.17. The van der Waals surface area contributed by atoms with Gasteiger partial charge in [0.05, 0.1) is 12.3 Å². The SMILES string of the molecule is Cc1ncc(CO)c(CNS)c1O. The molecule has 0 saturated heterocycles. The first kappa shape index (κ1) is 10.3. The molecular weight excluding hydrogens is 188 g/mol. The third-order valence-corrected chi connectivity index (χ3v) is 2.01. The summed E-state index contributed by atoms with van der Waals surface area (Å²) in [6, 6.07) is 0. The summed E-state index contributed by atoms with van der Waals surface area (Å²) in [4.78, 5) is 3.93. The number of aromatic hydroxyl groups is 1. The molecule has 1 aromatic rings. The molecule has 5 heteroatoms. The lowest BCUT2D eigenvalue weighted by Crippen LogP contribution is -2.05. The second-order valence-electron chi connectivity index (χ2n) is 2.69. The van der Waals surface area contributed by atoms with Gasteiger partial charge in [-0.1, -0.05) is 12.8 Å². The summed E-state index contributed by atoms with van der Waals surface area (Å²) in [5, 5.41) is 18.5. The fraction of sp³-hybridized carbons (Fsp3) is 0.375. The Kier molecular flexibility index (Phi) is 3.53. The van der Waals surface area contributed by atoms with Gasteiger partial charge in [-0.05, 0) is 6.92 Å². The lowest BCUT2D eigenvalue weighted by Gasteiger charge is -2.09. The van der Waals surface area contributed by atoms with Crippen LogP contribution in [0.2, 0.25) is 0 Å². The van der Waals surface area contributed by atoms with E-state index in [2.05, 4.69) is 22.5 Å². The first-order valence-corrected chi connectivity index (χ1v) is 4.29. The van der Waals surface area contributed by atoms with Crippen LogP contribution in [0.5, 0.6) is 5.75 Å². The third kappa shape index (κ3) is 2.12. The maximum Gasteiger partial charge on any atom is 0.141 e. The topological polar surface area (TPSA) is 65.4 Å². The summed E-state index contributed by atoms with van der Waals surface area (Å²) >= 11 is 3.84. The minimum Gasteiger partial charge on any atom is -0.506 e. The van der Waals surface area contributed by atoms with Crippen molar-refractivity contribution < 1.29 is 10.2 Å². The molecule has 0 saturated carbocycles. The molecule has 1 aromatic heterocycles. The molecule has 0 fully saturated rings. The Labute approximate surface area is 82.2 Å². The number of hydrogen-bond donors (Lipinski definition) is 4. The van der Waals surface area contributed by atoms with Crippen molar-refractivity contribution in [1.82, 2.24) is 9.71 Å². The van der Waals surface area contributed by atoms with Crippen molar-refractivity contribution in [1.29, 1.82) is 0 Å². The smallest absolute Gasteiger partial charge is 0.141 e. The molecule has 0 bridgehead atoms. The van der Waals surface area contributed by atoms with E-state index in [0.717, 1.165) is 0 Å². The van der Waals surface area contributed by atoms with Gasteiger partial charge < -0.3 is 10.2 Å². The van der Waals surface area contributed by atoms with Crippen molar-refractivity contribution in [3.8, 4) is 5.75 Å². The van der Waals surface area contributed by atoms with Crippen LogP contribution in [0.25, 0.3) is 0 Å². The normalized spacial score (nSPS) is 10.4. The molecule has 3 N–H and O–H groups in total. The lowest BCUT2D eigenvalue weighted by molar-refractivity contribution is 0.279. The first-order valence-electron chi connectivity index (χ1n) is 3.84. The third-order valence-electron chi connectivity index (χ3n) is 1.86. The van der Waals surface area contributed by atoms with Crippen molar-refractivity contribution in [3.63, 3.8) is 0 Å². The van der Waals surface area contributed by atoms with Crippen molar-refractivity contribution in [2.24, 2.45) is 0 Å². The maximum atomic E-state index is 9.59. The molecule has 0 radical (unpaired) electrons. The van der Waals surface area contributed by atoms with E-state index in [-0.39, 0.29) is 12.4 Å². The molecule has 0 aliphatic carbocycles. The quantitative estimate of drug-likeness (QED) is 0.537. The van der Waals surface area contributed by atoms with Gasteiger partial charge in [-0.2, -0.15) is 0 Å². The van der Waals surface area contributed by atoms with E-state index < -0.39 is 0 Å². The predicted molar refractivity (Wildman–Crippen MR) is 52.4 cm³/mol. The summed E-state index contributed by atoms with van der Waals surface area (Å²) in [6.45, 7) is 1.97. The van der Waals surface area contributed by atoms with E-state index >= 15 is 0 Å². The minimum atomic E-state index is -0.133. The van der Waals surface area contributed by atoms with Gasteiger partial charge in [0.2, 0.25) is 0 Å². The van der Waals surface area contributed by atoms with Gasteiger partial charge in [-0.15, -0.1) is 0 Å². The van der Waals surface area contributed by atoms with Crippen LogP contribution in [0.4, 0.5) is 0 Å². The molecule has 0 amide bonds. The Balaban J connectivity index is 3.15. The highest BCUT2D eigenvalue weighted by Crippen LogP contribution is 2.23. The van der Waals surface area contributed by atoms with Crippen LogP contribution in [0.1, 0.15) is 16.8 Å². The highest BCUT2D eigenvalue weighted by atomic mass is 32.1. The van der Waals surface area contributed by atoms with Crippen LogP contribution >= 0.6 is 12.8 Å². The molecule has 1 rings (SSSR count). The van der Waals surface area contributed by atoms with Gasteiger partial charge in [0.1, 0.15) is 5.75 Å². The standard InChI is InChI=1S/C8H12N2O2S/c1-5-8(12)7(3-10-13)6(4-11)2-9-5/h2,10-13H,3-4H2,1H3. The summed E-state index contributed by atoms with van der Waals surface area (Å²) < 4.78 is 2.62. The average Bonchev–Trinajstić information content (AvgIpc) is 2.14. The van der Waals surface area contributed by atoms with Gasteiger partial charge in [-0.25, -0.2) is 0 Å². The maximum absolute atomic E-state index is 9.59. The Morgan fingerprint density at radius 3 is 2.85 bits per heavy atom. The predicted octanol–water partition coefficient (Wildman–Crippen LogP) is 0.522. The molecule has 0 spiro atoms. The van der Waals surface area contributed by atoms with Crippen molar-refractivity contribution in [3.05, 3.63) is 23.0 Å². The molecule has 0 aliphatic rings. The van der Waals surface area contributed by atoms with Gasteiger partial charge in [0.15, 0.2) is 0 Å². The van der Waals surface area contributed by atoms with Crippen molar-refractivity contribution in [2.45, 2.75) is 20.1 Å². The summed E-state index contributed by atoms with van der Waals surface area (Å²) in [5.74, 6) is 0.119. The number of hydrogen-bond acceptors (Lipinski definition) is 5. The zero-order chi connectivity index (χ0) is 9.84. The molecule has 0 unspecified atom stereocenters. The van der Waals surface area contributed by atoms with E-state index in [9.17, 15) is 5.11 Å². The molecule has 13 heavy (non-hydrogen) atoms. The molecule has 0 atom stereocenters. The van der Waals surface area contributed by atoms with Crippen LogP contribution < -0.4 is 4.72 Å². The second-order valence-corrected chi connectivity index (χ2v) is 3.01. The monoisotopic (exact) mass is 200 g/mol. The Bertz CT molecular complexity index is 304. The van der Waals surface area contributed by atoms with E-state index in [0.29, 0.717) is 23.4 Å². The van der Waals surface area contributed by atoms with Crippen LogP contribution in [-0.2, 0) is 13.2 Å². The number of nitrogens with one attached hydrogen (secondary N) is 1.